The largest absolute Gasteiger partial charge is 0.489 e. The van der Waals surface area contributed by atoms with Crippen molar-refractivity contribution in [2.45, 2.75) is 18.6 Å². The Kier molecular flexibility index (Phi) is 4.12. The van der Waals surface area contributed by atoms with Gasteiger partial charge in [-0.3, -0.25) is 4.79 Å². The predicted molar refractivity (Wildman–Crippen MR) is 84.5 cm³/mol. The second kappa shape index (κ2) is 6.03. The fourth-order valence-electron chi connectivity index (χ4n) is 2.58. The number of benzene rings is 2. The van der Waals surface area contributed by atoms with E-state index in [-0.39, 0.29) is 18.1 Å². The van der Waals surface area contributed by atoms with Gasteiger partial charge in [-0.15, -0.1) is 0 Å². The van der Waals surface area contributed by atoms with Gasteiger partial charge in [0.25, 0.3) is 0 Å². The number of methoxy groups -OCH3 is 1. The van der Waals surface area contributed by atoms with E-state index in [1.165, 1.54) is 7.11 Å². The summed E-state index contributed by atoms with van der Waals surface area (Å²) in [5, 5.41) is 5.41. The van der Waals surface area contributed by atoms with E-state index < -0.39 is 0 Å². The molecule has 0 spiro atoms. The maximum Gasteiger partial charge on any atom is 0.323 e. The Morgan fingerprint density at radius 2 is 2.00 bits per heavy atom. The number of hydrogen-bond acceptors (Lipinski definition) is 4. The van der Waals surface area contributed by atoms with Crippen LogP contribution in [0.15, 0.2) is 40.9 Å². The molecular weight excluding hydrogens is 334 g/mol. The summed E-state index contributed by atoms with van der Waals surface area (Å²) in [4.78, 5) is 11.5. The summed E-state index contributed by atoms with van der Waals surface area (Å²) in [6.45, 7) is 0.651. The maximum atomic E-state index is 11.5. The SMILES string of the molecule is COC(=O)C1CC(Oc2ccc3cc(Br)ccc3c2)CN1. The van der Waals surface area contributed by atoms with E-state index in [1.807, 2.05) is 24.3 Å². The van der Waals surface area contributed by atoms with Crippen LogP contribution in [0.3, 0.4) is 0 Å². The molecule has 0 amide bonds. The van der Waals surface area contributed by atoms with Gasteiger partial charge in [0.05, 0.1) is 7.11 Å². The zero-order chi connectivity index (χ0) is 14.8. The molecule has 3 rings (SSSR count). The Morgan fingerprint density at radius 1 is 1.24 bits per heavy atom. The molecule has 0 radical (unpaired) electrons. The van der Waals surface area contributed by atoms with E-state index in [2.05, 4.69) is 33.4 Å². The molecule has 2 atom stereocenters. The van der Waals surface area contributed by atoms with Gasteiger partial charge in [0.15, 0.2) is 0 Å². The van der Waals surface area contributed by atoms with Crippen molar-refractivity contribution in [2.75, 3.05) is 13.7 Å². The van der Waals surface area contributed by atoms with Crippen LogP contribution in [-0.4, -0.2) is 31.8 Å². The smallest absolute Gasteiger partial charge is 0.323 e. The zero-order valence-corrected chi connectivity index (χ0v) is 13.2. The highest BCUT2D eigenvalue weighted by Crippen LogP contribution is 2.25. The Labute approximate surface area is 131 Å². The van der Waals surface area contributed by atoms with Crippen molar-refractivity contribution >= 4 is 32.7 Å². The first-order valence-corrected chi connectivity index (χ1v) is 7.62. The van der Waals surface area contributed by atoms with Crippen LogP contribution < -0.4 is 10.1 Å². The van der Waals surface area contributed by atoms with Crippen molar-refractivity contribution < 1.29 is 14.3 Å². The van der Waals surface area contributed by atoms with Crippen LogP contribution >= 0.6 is 15.9 Å². The third-order valence-electron chi connectivity index (χ3n) is 3.65. The number of nitrogens with one attached hydrogen (secondary N) is 1. The summed E-state index contributed by atoms with van der Waals surface area (Å²) >= 11 is 3.47. The molecule has 2 aromatic rings. The van der Waals surface area contributed by atoms with Crippen LogP contribution in [0.4, 0.5) is 0 Å². The topological polar surface area (TPSA) is 47.6 Å². The van der Waals surface area contributed by atoms with E-state index in [4.69, 9.17) is 9.47 Å². The first-order valence-electron chi connectivity index (χ1n) is 6.83. The second-order valence-corrected chi connectivity index (χ2v) is 6.03. The normalized spacial score (nSPS) is 21.4. The first kappa shape index (κ1) is 14.4. The van der Waals surface area contributed by atoms with E-state index in [0.29, 0.717) is 13.0 Å². The number of carbonyl (C=O) groups excluding carboxylic acids is 1. The van der Waals surface area contributed by atoms with Gasteiger partial charge in [0.1, 0.15) is 17.9 Å². The molecule has 1 saturated heterocycles. The van der Waals surface area contributed by atoms with Gasteiger partial charge < -0.3 is 14.8 Å². The molecule has 2 aromatic carbocycles. The second-order valence-electron chi connectivity index (χ2n) is 5.11. The lowest BCUT2D eigenvalue weighted by atomic mass is 10.1. The maximum absolute atomic E-state index is 11.5. The van der Waals surface area contributed by atoms with E-state index in [1.54, 1.807) is 0 Å². The lowest BCUT2D eigenvalue weighted by Crippen LogP contribution is -2.31. The molecule has 4 nitrogen and oxygen atoms in total. The molecule has 1 N–H and O–H groups in total. The molecule has 0 bridgehead atoms. The van der Waals surface area contributed by atoms with Crippen molar-refractivity contribution in [1.82, 2.24) is 5.32 Å². The molecule has 2 unspecified atom stereocenters. The summed E-state index contributed by atoms with van der Waals surface area (Å²) < 4.78 is 11.8. The van der Waals surface area contributed by atoms with Crippen molar-refractivity contribution in [2.24, 2.45) is 0 Å². The number of carbonyl (C=O) groups is 1. The Balaban J connectivity index is 1.71. The Morgan fingerprint density at radius 3 is 2.81 bits per heavy atom. The standard InChI is InChI=1S/C16H16BrNO3/c1-20-16(19)15-8-14(9-18-15)21-13-5-3-10-6-12(17)4-2-11(10)7-13/h2-7,14-15,18H,8-9H2,1H3. The van der Waals surface area contributed by atoms with Crippen molar-refractivity contribution in [1.29, 1.82) is 0 Å². The average molecular weight is 350 g/mol. The third kappa shape index (κ3) is 3.19. The highest BCUT2D eigenvalue weighted by molar-refractivity contribution is 9.10. The van der Waals surface area contributed by atoms with Gasteiger partial charge in [-0.1, -0.05) is 28.1 Å². The van der Waals surface area contributed by atoms with Crippen LogP contribution in [0.25, 0.3) is 10.8 Å². The molecule has 21 heavy (non-hydrogen) atoms. The highest BCUT2D eigenvalue weighted by atomic mass is 79.9. The van der Waals surface area contributed by atoms with Crippen LogP contribution in [0.5, 0.6) is 5.75 Å². The predicted octanol–water partition coefficient (Wildman–Crippen LogP) is 2.88. The first-order chi connectivity index (χ1) is 10.2. The highest BCUT2D eigenvalue weighted by Gasteiger charge is 2.31. The number of esters is 1. The molecule has 1 fully saturated rings. The van der Waals surface area contributed by atoms with Gasteiger partial charge in [-0.25, -0.2) is 0 Å². The van der Waals surface area contributed by atoms with Gasteiger partial charge in [-0.05, 0) is 35.0 Å². The quantitative estimate of drug-likeness (QED) is 0.865. The lowest BCUT2D eigenvalue weighted by molar-refractivity contribution is -0.142. The number of ether oxygens (including phenoxy) is 2. The van der Waals surface area contributed by atoms with E-state index >= 15 is 0 Å². The summed E-state index contributed by atoms with van der Waals surface area (Å²) in [6.07, 6.45) is 0.618. The van der Waals surface area contributed by atoms with Crippen LogP contribution in [-0.2, 0) is 9.53 Å². The molecular formula is C16H16BrNO3. The number of halogens is 1. The van der Waals surface area contributed by atoms with Crippen LogP contribution in [0.2, 0.25) is 0 Å². The molecule has 0 saturated carbocycles. The monoisotopic (exact) mass is 349 g/mol. The number of fused-ring (bicyclic) bond motifs is 1. The van der Waals surface area contributed by atoms with Gasteiger partial charge in [0.2, 0.25) is 0 Å². The van der Waals surface area contributed by atoms with Crippen molar-refractivity contribution in [3.63, 3.8) is 0 Å². The molecule has 1 aliphatic rings. The average Bonchev–Trinajstić information content (AvgIpc) is 2.95. The van der Waals surface area contributed by atoms with Gasteiger partial charge >= 0.3 is 5.97 Å². The van der Waals surface area contributed by atoms with Gasteiger partial charge in [0, 0.05) is 17.4 Å². The number of hydrogen-bond donors (Lipinski definition) is 1. The Bertz CT molecular complexity index is 674. The molecule has 0 aliphatic carbocycles. The molecule has 5 heteroatoms. The van der Waals surface area contributed by atoms with E-state index in [0.717, 1.165) is 21.0 Å². The fraction of sp³-hybridized carbons (Fsp3) is 0.312. The zero-order valence-electron chi connectivity index (χ0n) is 11.6. The van der Waals surface area contributed by atoms with Crippen molar-refractivity contribution in [3.8, 4) is 5.75 Å². The lowest BCUT2D eigenvalue weighted by Gasteiger charge is -2.13. The minimum absolute atomic E-state index is 0.0120. The molecule has 1 heterocycles. The van der Waals surface area contributed by atoms with Gasteiger partial charge in [-0.2, -0.15) is 0 Å². The van der Waals surface area contributed by atoms with E-state index in [9.17, 15) is 4.79 Å². The molecule has 110 valence electrons. The summed E-state index contributed by atoms with van der Waals surface area (Å²) in [5.74, 6) is 0.589. The summed E-state index contributed by atoms with van der Waals surface area (Å²) in [5.41, 5.74) is 0. The fourth-order valence-corrected chi connectivity index (χ4v) is 2.95. The third-order valence-corrected chi connectivity index (χ3v) is 4.15. The van der Waals surface area contributed by atoms with Crippen LogP contribution in [0.1, 0.15) is 6.42 Å². The molecule has 0 aromatic heterocycles. The Hall–Kier alpha value is -1.59. The minimum Gasteiger partial charge on any atom is -0.489 e. The summed E-state index contributed by atoms with van der Waals surface area (Å²) in [6, 6.07) is 11.9. The van der Waals surface area contributed by atoms with Crippen molar-refractivity contribution in [3.05, 3.63) is 40.9 Å². The van der Waals surface area contributed by atoms with Crippen LogP contribution in [0, 0.1) is 0 Å². The minimum atomic E-state index is -0.267. The summed E-state index contributed by atoms with van der Waals surface area (Å²) in [7, 11) is 1.40. The number of rotatable bonds is 3. The molecule has 1 aliphatic heterocycles.